The van der Waals surface area contributed by atoms with Crippen molar-refractivity contribution in [2.75, 3.05) is 30.4 Å². The van der Waals surface area contributed by atoms with E-state index in [1.54, 1.807) is 7.11 Å². The average molecular weight is 422 g/mol. The maximum Gasteiger partial charge on any atom is 0.248 e. The number of aromatic amines is 1. The molecule has 1 saturated heterocycles. The molecule has 2 aromatic heterocycles. The first-order chi connectivity index (χ1) is 15.0. The van der Waals surface area contributed by atoms with Gasteiger partial charge in [-0.25, -0.2) is 9.97 Å². The van der Waals surface area contributed by atoms with Crippen molar-refractivity contribution in [3.63, 3.8) is 0 Å². The van der Waals surface area contributed by atoms with Crippen molar-refractivity contribution >= 4 is 17.8 Å². The molecule has 162 valence electrons. The van der Waals surface area contributed by atoms with Gasteiger partial charge in [0, 0.05) is 36.8 Å². The Bertz CT molecular complexity index is 1020. The summed E-state index contributed by atoms with van der Waals surface area (Å²) in [5.41, 5.74) is 2.99. The van der Waals surface area contributed by atoms with Crippen molar-refractivity contribution < 1.29 is 9.53 Å². The third-order valence-electron chi connectivity index (χ3n) is 5.42. The van der Waals surface area contributed by atoms with Gasteiger partial charge in [0.2, 0.25) is 17.8 Å². The molecule has 3 aromatic rings. The number of H-pyrrole nitrogens is 1. The number of aromatic nitrogens is 5. The Kier molecular flexibility index (Phi) is 6.11. The van der Waals surface area contributed by atoms with Crippen molar-refractivity contribution in [1.82, 2.24) is 25.1 Å². The van der Waals surface area contributed by atoms with E-state index in [2.05, 4.69) is 35.4 Å². The van der Waals surface area contributed by atoms with Gasteiger partial charge in [-0.2, -0.15) is 4.98 Å². The molecule has 2 N–H and O–H groups in total. The molecule has 1 fully saturated rings. The quantitative estimate of drug-likeness (QED) is 0.630. The molecule has 3 heterocycles. The number of nitrogens with zero attached hydrogens (tertiary/aromatic N) is 5. The van der Waals surface area contributed by atoms with Gasteiger partial charge in [-0.15, -0.1) is 5.10 Å². The molecule has 0 bridgehead atoms. The molecule has 4 rings (SSSR count). The van der Waals surface area contributed by atoms with Crippen LogP contribution in [-0.2, 0) is 11.2 Å². The summed E-state index contributed by atoms with van der Waals surface area (Å²) in [6.45, 7) is 5.44. The number of anilines is 2. The minimum absolute atomic E-state index is 0.0454. The van der Waals surface area contributed by atoms with Crippen LogP contribution in [0.25, 0.3) is 0 Å². The lowest BCUT2D eigenvalue weighted by molar-refractivity contribution is -0.120. The zero-order valence-electron chi connectivity index (χ0n) is 18.1. The van der Waals surface area contributed by atoms with Crippen molar-refractivity contribution in [3.8, 4) is 5.75 Å². The highest BCUT2D eigenvalue weighted by molar-refractivity contribution is 5.91. The van der Waals surface area contributed by atoms with E-state index in [-0.39, 0.29) is 11.8 Å². The molecule has 0 aliphatic carbocycles. The largest absolute Gasteiger partial charge is 0.497 e. The van der Waals surface area contributed by atoms with Gasteiger partial charge in [-0.05, 0) is 50.5 Å². The molecule has 31 heavy (non-hydrogen) atoms. The number of hydrogen-bond acceptors (Lipinski definition) is 7. The third kappa shape index (κ3) is 5.17. The topological polar surface area (TPSA) is 109 Å². The summed E-state index contributed by atoms with van der Waals surface area (Å²) in [4.78, 5) is 28.3. The molecule has 0 unspecified atom stereocenters. The summed E-state index contributed by atoms with van der Waals surface area (Å²) in [5, 5.41) is 9.88. The normalized spacial score (nSPS) is 14.5. The smallest absolute Gasteiger partial charge is 0.248 e. The number of piperidine rings is 1. The van der Waals surface area contributed by atoms with Crippen LogP contribution in [0, 0.1) is 19.8 Å². The van der Waals surface area contributed by atoms with Gasteiger partial charge < -0.3 is 9.64 Å². The molecule has 9 nitrogen and oxygen atoms in total. The van der Waals surface area contributed by atoms with Gasteiger partial charge in [-0.1, -0.05) is 12.1 Å². The second-order valence-corrected chi connectivity index (χ2v) is 7.83. The van der Waals surface area contributed by atoms with Crippen molar-refractivity contribution in [2.45, 2.75) is 33.1 Å². The summed E-state index contributed by atoms with van der Waals surface area (Å²) < 4.78 is 5.17. The lowest BCUT2D eigenvalue weighted by Gasteiger charge is -2.31. The molecule has 1 aliphatic heterocycles. The van der Waals surface area contributed by atoms with Crippen LogP contribution in [0.5, 0.6) is 5.75 Å². The summed E-state index contributed by atoms with van der Waals surface area (Å²) in [6, 6.07) is 9.73. The molecule has 0 radical (unpaired) electrons. The minimum atomic E-state index is -0.0781. The van der Waals surface area contributed by atoms with E-state index in [0.717, 1.165) is 54.6 Å². The van der Waals surface area contributed by atoms with Gasteiger partial charge in [0.25, 0.3) is 0 Å². The fourth-order valence-electron chi connectivity index (χ4n) is 3.77. The van der Waals surface area contributed by atoms with Crippen LogP contribution in [0.15, 0.2) is 30.3 Å². The lowest BCUT2D eigenvalue weighted by atomic mass is 9.96. The SMILES string of the molecule is COc1ccc(Cc2nc(NC(=O)C3CCN(c4nc(C)cc(C)n4)CC3)n[nH]2)cc1. The van der Waals surface area contributed by atoms with Crippen LogP contribution in [0.4, 0.5) is 11.9 Å². The highest BCUT2D eigenvalue weighted by Gasteiger charge is 2.27. The average Bonchev–Trinajstić information content (AvgIpc) is 3.20. The second-order valence-electron chi connectivity index (χ2n) is 7.83. The van der Waals surface area contributed by atoms with E-state index in [4.69, 9.17) is 4.74 Å². The Balaban J connectivity index is 1.30. The van der Waals surface area contributed by atoms with E-state index < -0.39 is 0 Å². The standard InChI is InChI=1S/C22H27N7O2/c1-14-12-15(2)24-22(23-14)29-10-8-17(9-11-29)20(30)26-21-25-19(27-28-21)13-16-4-6-18(31-3)7-5-16/h4-7,12,17H,8-11,13H2,1-3H3,(H2,25,26,27,28,30). The van der Waals surface area contributed by atoms with Crippen LogP contribution in [0.3, 0.4) is 0 Å². The lowest BCUT2D eigenvalue weighted by Crippen LogP contribution is -2.39. The van der Waals surface area contributed by atoms with Gasteiger partial charge in [0.05, 0.1) is 7.11 Å². The molecular weight excluding hydrogens is 394 g/mol. The molecule has 1 aliphatic rings. The number of carbonyl (C=O) groups excluding carboxylic acids is 1. The maximum absolute atomic E-state index is 12.7. The summed E-state index contributed by atoms with van der Waals surface area (Å²) in [7, 11) is 1.64. The first kappa shape index (κ1) is 20.8. The molecule has 0 atom stereocenters. The van der Waals surface area contributed by atoms with Gasteiger partial charge in [0.15, 0.2) is 0 Å². The Morgan fingerprint density at radius 1 is 1.13 bits per heavy atom. The number of aryl methyl sites for hydroxylation is 2. The van der Waals surface area contributed by atoms with Crippen molar-refractivity contribution in [2.24, 2.45) is 5.92 Å². The van der Waals surface area contributed by atoms with Crippen molar-refractivity contribution in [1.29, 1.82) is 0 Å². The van der Waals surface area contributed by atoms with E-state index >= 15 is 0 Å². The molecule has 9 heteroatoms. The second kappa shape index (κ2) is 9.11. The van der Waals surface area contributed by atoms with Crippen molar-refractivity contribution in [3.05, 3.63) is 53.1 Å². The number of amides is 1. The number of carbonyl (C=O) groups is 1. The first-order valence-corrected chi connectivity index (χ1v) is 10.4. The zero-order chi connectivity index (χ0) is 21.8. The molecule has 1 aromatic carbocycles. The molecule has 1 amide bonds. The number of hydrogen-bond donors (Lipinski definition) is 2. The third-order valence-corrected chi connectivity index (χ3v) is 5.42. The van der Waals surface area contributed by atoms with E-state index in [0.29, 0.717) is 18.2 Å². The highest BCUT2D eigenvalue weighted by atomic mass is 16.5. The highest BCUT2D eigenvalue weighted by Crippen LogP contribution is 2.22. The van der Waals surface area contributed by atoms with E-state index in [1.807, 2.05) is 44.2 Å². The van der Waals surface area contributed by atoms with Crippen LogP contribution in [0.2, 0.25) is 0 Å². The fraction of sp³-hybridized carbons (Fsp3) is 0.409. The monoisotopic (exact) mass is 421 g/mol. The zero-order valence-corrected chi connectivity index (χ0v) is 18.1. The summed E-state index contributed by atoms with van der Waals surface area (Å²) in [6.07, 6.45) is 2.08. The number of rotatable bonds is 6. The fourth-order valence-corrected chi connectivity index (χ4v) is 3.77. The molecule has 0 saturated carbocycles. The Morgan fingerprint density at radius 3 is 2.45 bits per heavy atom. The Hall–Kier alpha value is -3.49. The minimum Gasteiger partial charge on any atom is -0.497 e. The number of ether oxygens (including phenoxy) is 1. The Labute approximate surface area is 181 Å². The van der Waals surface area contributed by atoms with Crippen LogP contribution >= 0.6 is 0 Å². The van der Waals surface area contributed by atoms with Crippen LogP contribution < -0.4 is 15.0 Å². The predicted molar refractivity (Wildman–Crippen MR) is 117 cm³/mol. The summed E-state index contributed by atoms with van der Waals surface area (Å²) >= 11 is 0. The van der Waals surface area contributed by atoms with Crippen LogP contribution in [-0.4, -0.2) is 51.3 Å². The van der Waals surface area contributed by atoms with Gasteiger partial charge in [-0.3, -0.25) is 15.2 Å². The molecule has 0 spiro atoms. The van der Waals surface area contributed by atoms with Crippen LogP contribution in [0.1, 0.15) is 35.6 Å². The maximum atomic E-state index is 12.7. The Morgan fingerprint density at radius 2 is 1.81 bits per heavy atom. The number of methoxy groups -OCH3 is 1. The van der Waals surface area contributed by atoms with Gasteiger partial charge >= 0.3 is 0 Å². The predicted octanol–water partition coefficient (Wildman–Crippen LogP) is 2.67. The molecular formula is C22H27N7O2. The van der Waals surface area contributed by atoms with E-state index in [9.17, 15) is 4.79 Å². The number of benzene rings is 1. The van der Waals surface area contributed by atoms with E-state index in [1.165, 1.54) is 0 Å². The van der Waals surface area contributed by atoms with Gasteiger partial charge in [0.1, 0.15) is 11.6 Å². The number of nitrogens with one attached hydrogen (secondary N) is 2. The first-order valence-electron chi connectivity index (χ1n) is 10.4. The summed E-state index contributed by atoms with van der Waals surface area (Å²) in [5.74, 6) is 2.44.